The summed E-state index contributed by atoms with van der Waals surface area (Å²) in [4.78, 5) is 12.7. The normalized spacial score (nSPS) is 14.7. The zero-order chi connectivity index (χ0) is 20.4. The quantitative estimate of drug-likeness (QED) is 0.605. The third-order valence-electron chi connectivity index (χ3n) is 4.67. The van der Waals surface area contributed by atoms with E-state index in [1.807, 2.05) is 49.4 Å². The fraction of sp³-hybridized carbons (Fsp3) is 0.0870. The second-order valence-electron chi connectivity index (χ2n) is 6.78. The lowest BCUT2D eigenvalue weighted by Crippen LogP contribution is -2.30. The molecule has 0 spiro atoms. The summed E-state index contributed by atoms with van der Waals surface area (Å²) in [7, 11) is -3.75. The van der Waals surface area contributed by atoms with Crippen LogP contribution in [-0.2, 0) is 21.3 Å². The van der Waals surface area contributed by atoms with E-state index in [0.29, 0.717) is 11.1 Å². The molecule has 6 heteroatoms. The Morgan fingerprint density at radius 2 is 1.55 bits per heavy atom. The minimum Gasteiger partial charge on any atom is -0.421 e. The monoisotopic (exact) mass is 405 g/mol. The number of esters is 1. The summed E-state index contributed by atoms with van der Waals surface area (Å²) >= 11 is 0. The van der Waals surface area contributed by atoms with Gasteiger partial charge in [0.25, 0.3) is 10.0 Å². The van der Waals surface area contributed by atoms with E-state index in [2.05, 4.69) is 0 Å². The molecular weight excluding hydrogens is 386 g/mol. The van der Waals surface area contributed by atoms with Gasteiger partial charge in [-0.1, -0.05) is 60.2 Å². The average molecular weight is 405 g/mol. The fourth-order valence-corrected chi connectivity index (χ4v) is 4.62. The van der Waals surface area contributed by atoms with Crippen molar-refractivity contribution in [3.63, 3.8) is 0 Å². The summed E-state index contributed by atoms with van der Waals surface area (Å²) in [5, 5.41) is 0. The third kappa shape index (κ3) is 3.79. The van der Waals surface area contributed by atoms with Crippen LogP contribution in [0.1, 0.15) is 27.0 Å². The van der Waals surface area contributed by atoms with Crippen molar-refractivity contribution in [1.29, 1.82) is 0 Å². The minimum atomic E-state index is -3.75. The van der Waals surface area contributed by atoms with E-state index < -0.39 is 16.0 Å². The van der Waals surface area contributed by atoms with Gasteiger partial charge in [0, 0.05) is 5.56 Å². The van der Waals surface area contributed by atoms with Gasteiger partial charge >= 0.3 is 5.97 Å². The van der Waals surface area contributed by atoms with E-state index in [1.165, 1.54) is 16.6 Å². The summed E-state index contributed by atoms with van der Waals surface area (Å²) in [6, 6.07) is 22.8. The van der Waals surface area contributed by atoms with Gasteiger partial charge in [-0.05, 0) is 36.8 Å². The molecular formula is C23H19NO4S. The van der Waals surface area contributed by atoms with Crippen LogP contribution in [0.5, 0.6) is 0 Å². The molecule has 0 atom stereocenters. The van der Waals surface area contributed by atoms with Crippen LogP contribution in [0, 0.1) is 6.92 Å². The number of nitrogens with zero attached hydrogens (tertiary/aromatic N) is 1. The number of aryl methyl sites for hydroxylation is 1. The molecule has 0 saturated heterocycles. The molecule has 0 saturated carbocycles. The van der Waals surface area contributed by atoms with Crippen LogP contribution in [0.3, 0.4) is 0 Å². The Morgan fingerprint density at radius 1 is 0.897 bits per heavy atom. The maximum Gasteiger partial charge on any atom is 0.343 e. The summed E-state index contributed by atoms with van der Waals surface area (Å²) in [5.74, 6) is -0.332. The van der Waals surface area contributed by atoms with Crippen LogP contribution in [0.2, 0.25) is 0 Å². The van der Waals surface area contributed by atoms with Crippen LogP contribution in [-0.4, -0.2) is 18.7 Å². The smallest absolute Gasteiger partial charge is 0.343 e. The Balaban J connectivity index is 1.72. The number of carbonyl (C=O) groups excluding carboxylic acids is 1. The lowest BCUT2D eigenvalue weighted by Gasteiger charge is -2.27. The van der Waals surface area contributed by atoms with Gasteiger partial charge in [-0.25, -0.2) is 13.2 Å². The summed E-state index contributed by atoms with van der Waals surface area (Å²) in [5.41, 5.74) is 2.63. The molecule has 0 radical (unpaired) electrons. The molecule has 0 bridgehead atoms. The van der Waals surface area contributed by atoms with Gasteiger partial charge in [-0.15, -0.1) is 0 Å². The van der Waals surface area contributed by atoms with Gasteiger partial charge in [0.15, 0.2) is 5.76 Å². The van der Waals surface area contributed by atoms with E-state index in [4.69, 9.17) is 4.74 Å². The van der Waals surface area contributed by atoms with Gasteiger partial charge in [-0.2, -0.15) is 0 Å². The largest absolute Gasteiger partial charge is 0.421 e. The Bertz CT molecular complexity index is 1180. The molecule has 0 aromatic heterocycles. The molecule has 0 N–H and O–H groups in total. The molecule has 146 valence electrons. The van der Waals surface area contributed by atoms with Crippen molar-refractivity contribution in [2.75, 3.05) is 0 Å². The topological polar surface area (TPSA) is 63.7 Å². The highest BCUT2D eigenvalue weighted by Crippen LogP contribution is 2.34. The average Bonchev–Trinajstić information content (AvgIpc) is 2.73. The lowest BCUT2D eigenvalue weighted by molar-refractivity contribution is 0.0688. The number of ether oxygens (including phenoxy) is 1. The molecule has 0 fully saturated rings. The summed E-state index contributed by atoms with van der Waals surface area (Å²) in [6.45, 7) is 2.07. The number of hydrogen-bond acceptors (Lipinski definition) is 4. The van der Waals surface area contributed by atoms with Crippen molar-refractivity contribution in [2.24, 2.45) is 0 Å². The van der Waals surface area contributed by atoms with Crippen LogP contribution in [0.25, 0.3) is 5.76 Å². The second kappa shape index (κ2) is 7.56. The van der Waals surface area contributed by atoms with Crippen molar-refractivity contribution in [1.82, 2.24) is 4.31 Å². The van der Waals surface area contributed by atoms with Gasteiger partial charge in [0.1, 0.15) is 0 Å². The first kappa shape index (κ1) is 19.0. The van der Waals surface area contributed by atoms with Crippen molar-refractivity contribution < 1.29 is 17.9 Å². The lowest BCUT2D eigenvalue weighted by atomic mass is 10.1. The van der Waals surface area contributed by atoms with Crippen LogP contribution < -0.4 is 0 Å². The maximum absolute atomic E-state index is 13.1. The van der Waals surface area contributed by atoms with Crippen LogP contribution in [0.15, 0.2) is 90.0 Å². The van der Waals surface area contributed by atoms with Gasteiger partial charge in [0.2, 0.25) is 0 Å². The molecule has 3 aromatic rings. The van der Waals surface area contributed by atoms with Gasteiger partial charge < -0.3 is 4.74 Å². The minimum absolute atomic E-state index is 0.116. The first-order chi connectivity index (χ1) is 13.9. The number of rotatable bonds is 4. The Hall–Kier alpha value is -3.38. The first-order valence-corrected chi connectivity index (χ1v) is 10.5. The first-order valence-electron chi connectivity index (χ1n) is 9.11. The Labute approximate surface area is 169 Å². The molecule has 29 heavy (non-hydrogen) atoms. The SMILES string of the molecule is Cc1ccc(C(=O)OC2=CN(Cc3ccccc3)S(=O)(=O)c3ccccc32)cc1. The molecule has 4 rings (SSSR count). The molecule has 5 nitrogen and oxygen atoms in total. The number of fused-ring (bicyclic) bond motifs is 1. The highest BCUT2D eigenvalue weighted by atomic mass is 32.2. The molecule has 0 unspecified atom stereocenters. The van der Waals surface area contributed by atoms with E-state index in [-0.39, 0.29) is 17.2 Å². The highest BCUT2D eigenvalue weighted by Gasteiger charge is 2.32. The zero-order valence-electron chi connectivity index (χ0n) is 15.8. The molecule has 3 aromatic carbocycles. The summed E-state index contributed by atoms with van der Waals surface area (Å²) < 4.78 is 33.0. The maximum atomic E-state index is 13.1. The fourth-order valence-electron chi connectivity index (χ4n) is 3.11. The molecule has 0 aliphatic carbocycles. The van der Waals surface area contributed by atoms with Crippen LogP contribution in [0.4, 0.5) is 0 Å². The van der Waals surface area contributed by atoms with Crippen molar-refractivity contribution in [2.45, 2.75) is 18.4 Å². The summed E-state index contributed by atoms with van der Waals surface area (Å²) in [6.07, 6.45) is 1.39. The Kier molecular flexibility index (Phi) is 4.94. The van der Waals surface area contributed by atoms with Crippen molar-refractivity contribution in [3.05, 3.63) is 107 Å². The van der Waals surface area contributed by atoms with E-state index in [0.717, 1.165) is 11.1 Å². The molecule has 0 amide bonds. The molecule has 1 aliphatic heterocycles. The van der Waals surface area contributed by atoms with Crippen molar-refractivity contribution >= 4 is 21.8 Å². The predicted octanol–water partition coefficient (Wildman–Crippen LogP) is 4.35. The number of carbonyl (C=O) groups is 1. The third-order valence-corrected chi connectivity index (χ3v) is 6.44. The Morgan fingerprint density at radius 3 is 2.28 bits per heavy atom. The highest BCUT2D eigenvalue weighted by molar-refractivity contribution is 7.89. The number of sulfonamides is 1. The zero-order valence-corrected chi connectivity index (χ0v) is 16.6. The van der Waals surface area contributed by atoms with Crippen LogP contribution >= 0.6 is 0 Å². The van der Waals surface area contributed by atoms with Crippen molar-refractivity contribution in [3.8, 4) is 0 Å². The second-order valence-corrected chi connectivity index (χ2v) is 8.64. The van der Waals surface area contributed by atoms with Gasteiger partial charge in [0.05, 0.1) is 23.2 Å². The number of hydrogen-bond donors (Lipinski definition) is 0. The molecule has 1 aliphatic rings. The van der Waals surface area contributed by atoms with E-state index in [9.17, 15) is 13.2 Å². The van der Waals surface area contributed by atoms with E-state index >= 15 is 0 Å². The van der Waals surface area contributed by atoms with E-state index in [1.54, 1.807) is 30.3 Å². The van der Waals surface area contributed by atoms with Gasteiger partial charge in [-0.3, -0.25) is 4.31 Å². The molecule has 1 heterocycles. The predicted molar refractivity (Wildman–Crippen MR) is 110 cm³/mol. The standard InChI is InChI=1S/C23H19NO4S/c1-17-11-13-19(14-12-17)23(25)28-21-16-24(15-18-7-3-2-4-8-18)29(26,27)22-10-6-5-9-20(21)22/h2-14,16H,15H2,1H3. The number of benzene rings is 3.